The van der Waals surface area contributed by atoms with Gasteiger partial charge >= 0.3 is 0 Å². The van der Waals surface area contributed by atoms with Gasteiger partial charge in [0.25, 0.3) is 5.56 Å². The quantitative estimate of drug-likeness (QED) is 0.387. The predicted molar refractivity (Wildman–Crippen MR) is 130 cm³/mol. The highest BCUT2D eigenvalue weighted by atomic mass is 19.1. The van der Waals surface area contributed by atoms with Crippen LogP contribution in [0.15, 0.2) is 76.5 Å². The van der Waals surface area contributed by atoms with Crippen molar-refractivity contribution in [2.45, 2.75) is 6.92 Å². The highest BCUT2D eigenvalue weighted by Gasteiger charge is 2.20. The molecule has 0 saturated heterocycles. The van der Waals surface area contributed by atoms with E-state index < -0.39 is 0 Å². The summed E-state index contributed by atoms with van der Waals surface area (Å²) in [5, 5.41) is 3.16. The molecule has 174 valence electrons. The number of aromatic amines is 1. The molecule has 1 aromatic heterocycles. The first kappa shape index (κ1) is 22.8. The first-order valence-electron chi connectivity index (χ1n) is 10.5. The SMILES string of the molecule is COc1cc(N=C(C)c2c(-c3ccccc3)[nH]n(-c3ccc(F)cc3)c2=O)cc(OC)c1OC. The lowest BCUT2D eigenvalue weighted by Crippen LogP contribution is -2.19. The normalized spacial score (nSPS) is 11.4. The highest BCUT2D eigenvalue weighted by molar-refractivity contribution is 6.04. The Labute approximate surface area is 196 Å². The number of methoxy groups -OCH3 is 3. The van der Waals surface area contributed by atoms with E-state index in [2.05, 4.69) is 5.10 Å². The summed E-state index contributed by atoms with van der Waals surface area (Å²) in [6, 6.07) is 18.6. The van der Waals surface area contributed by atoms with E-state index in [1.54, 1.807) is 19.1 Å². The maximum atomic E-state index is 13.5. The summed E-state index contributed by atoms with van der Waals surface area (Å²) >= 11 is 0. The van der Waals surface area contributed by atoms with Gasteiger partial charge in [-0.25, -0.2) is 9.07 Å². The molecule has 4 aromatic rings. The molecule has 0 fully saturated rings. The van der Waals surface area contributed by atoms with Crippen LogP contribution >= 0.6 is 0 Å². The Balaban J connectivity index is 1.90. The number of ether oxygens (including phenoxy) is 3. The molecule has 8 heteroatoms. The molecule has 4 rings (SSSR count). The lowest BCUT2D eigenvalue weighted by molar-refractivity contribution is 0.324. The van der Waals surface area contributed by atoms with Crippen LogP contribution in [0.4, 0.5) is 10.1 Å². The molecule has 0 aliphatic carbocycles. The standard InChI is InChI=1S/C26H24FN3O4/c1-16(28-19-14-21(32-2)25(34-4)22(15-19)33-3)23-24(17-8-6-5-7-9-17)29-30(26(23)31)20-12-10-18(27)11-13-20/h5-15,29H,1-4H3. The van der Waals surface area contributed by atoms with Crippen LogP contribution in [0.2, 0.25) is 0 Å². The van der Waals surface area contributed by atoms with E-state index in [-0.39, 0.29) is 11.4 Å². The summed E-state index contributed by atoms with van der Waals surface area (Å²) in [6.45, 7) is 1.76. The number of nitrogens with one attached hydrogen (secondary N) is 1. The molecule has 0 radical (unpaired) electrons. The summed E-state index contributed by atoms with van der Waals surface area (Å²) in [5.74, 6) is 0.975. The van der Waals surface area contributed by atoms with Crippen molar-refractivity contribution >= 4 is 11.4 Å². The van der Waals surface area contributed by atoms with Crippen LogP contribution in [0.25, 0.3) is 16.9 Å². The number of benzene rings is 3. The number of aromatic nitrogens is 2. The minimum atomic E-state index is -0.382. The lowest BCUT2D eigenvalue weighted by Gasteiger charge is -2.13. The maximum absolute atomic E-state index is 13.5. The van der Waals surface area contributed by atoms with Gasteiger partial charge in [-0.3, -0.25) is 14.9 Å². The van der Waals surface area contributed by atoms with E-state index >= 15 is 0 Å². The van der Waals surface area contributed by atoms with Gasteiger partial charge in [-0.2, -0.15) is 0 Å². The van der Waals surface area contributed by atoms with Crippen molar-refractivity contribution in [3.05, 3.63) is 88.5 Å². The lowest BCUT2D eigenvalue weighted by atomic mass is 10.1. The first-order chi connectivity index (χ1) is 16.5. The van der Waals surface area contributed by atoms with E-state index in [0.717, 1.165) is 5.56 Å². The molecule has 0 atom stereocenters. The van der Waals surface area contributed by atoms with Crippen LogP contribution < -0.4 is 19.8 Å². The molecule has 0 spiro atoms. The fourth-order valence-electron chi connectivity index (χ4n) is 3.74. The van der Waals surface area contributed by atoms with Crippen molar-refractivity contribution in [1.82, 2.24) is 9.78 Å². The Morgan fingerprint density at radius 3 is 2.09 bits per heavy atom. The van der Waals surface area contributed by atoms with Gasteiger partial charge in [-0.15, -0.1) is 0 Å². The minimum absolute atomic E-state index is 0.306. The van der Waals surface area contributed by atoms with E-state index in [1.807, 2.05) is 30.3 Å². The van der Waals surface area contributed by atoms with Crippen LogP contribution in [0.5, 0.6) is 17.2 Å². The fourth-order valence-corrected chi connectivity index (χ4v) is 3.74. The molecule has 7 nitrogen and oxygen atoms in total. The Kier molecular flexibility index (Phi) is 6.49. The molecular weight excluding hydrogens is 437 g/mol. The number of aliphatic imine (C=N–C) groups is 1. The van der Waals surface area contributed by atoms with Gasteiger partial charge in [-0.1, -0.05) is 30.3 Å². The predicted octanol–water partition coefficient (Wildman–Crippen LogP) is 5.14. The van der Waals surface area contributed by atoms with Crippen molar-refractivity contribution in [2.75, 3.05) is 21.3 Å². The Morgan fingerprint density at radius 2 is 1.53 bits per heavy atom. The van der Waals surface area contributed by atoms with E-state index in [9.17, 15) is 9.18 Å². The van der Waals surface area contributed by atoms with Crippen LogP contribution in [-0.2, 0) is 0 Å². The first-order valence-corrected chi connectivity index (χ1v) is 10.5. The summed E-state index contributed by atoms with van der Waals surface area (Å²) in [6.07, 6.45) is 0. The third-order valence-corrected chi connectivity index (χ3v) is 5.35. The van der Waals surface area contributed by atoms with Gasteiger partial charge in [-0.05, 0) is 31.2 Å². The molecule has 1 heterocycles. The Hall–Kier alpha value is -4.33. The van der Waals surface area contributed by atoms with Gasteiger partial charge < -0.3 is 14.2 Å². The third-order valence-electron chi connectivity index (χ3n) is 5.35. The van der Waals surface area contributed by atoms with Gasteiger partial charge in [0.2, 0.25) is 5.75 Å². The molecule has 3 aromatic carbocycles. The smallest absolute Gasteiger partial charge is 0.280 e. The topological polar surface area (TPSA) is 77.8 Å². The Bertz CT molecular complexity index is 1370. The Morgan fingerprint density at radius 1 is 0.912 bits per heavy atom. The van der Waals surface area contributed by atoms with Gasteiger partial charge in [0.05, 0.1) is 49.7 Å². The summed E-state index contributed by atoms with van der Waals surface area (Å²) < 4.78 is 31.0. The van der Waals surface area contributed by atoms with Crippen LogP contribution in [0, 0.1) is 5.82 Å². The largest absolute Gasteiger partial charge is 0.493 e. The van der Waals surface area contributed by atoms with Crippen LogP contribution in [0.1, 0.15) is 12.5 Å². The minimum Gasteiger partial charge on any atom is -0.493 e. The second-order valence-electron chi connectivity index (χ2n) is 7.43. The molecular formula is C26H24FN3O4. The summed E-state index contributed by atoms with van der Waals surface area (Å²) in [7, 11) is 4.58. The van der Waals surface area contributed by atoms with Crippen LogP contribution in [0.3, 0.4) is 0 Å². The van der Waals surface area contributed by atoms with Crippen molar-refractivity contribution < 1.29 is 18.6 Å². The third kappa shape index (κ3) is 4.30. The number of hydrogen-bond donors (Lipinski definition) is 1. The van der Waals surface area contributed by atoms with Crippen molar-refractivity contribution in [3.63, 3.8) is 0 Å². The number of nitrogens with zero attached hydrogens (tertiary/aromatic N) is 2. The monoisotopic (exact) mass is 461 g/mol. The van der Waals surface area contributed by atoms with E-state index in [1.165, 1.54) is 50.3 Å². The molecule has 0 amide bonds. The zero-order valence-corrected chi connectivity index (χ0v) is 19.3. The van der Waals surface area contributed by atoms with Gasteiger partial charge in [0, 0.05) is 17.7 Å². The second kappa shape index (κ2) is 9.66. The zero-order valence-electron chi connectivity index (χ0n) is 19.3. The van der Waals surface area contributed by atoms with Crippen molar-refractivity contribution in [2.24, 2.45) is 4.99 Å². The van der Waals surface area contributed by atoms with Gasteiger partial charge in [0.1, 0.15) is 5.82 Å². The molecule has 0 bridgehead atoms. The van der Waals surface area contributed by atoms with Crippen molar-refractivity contribution in [1.29, 1.82) is 0 Å². The number of rotatable bonds is 7. The van der Waals surface area contributed by atoms with Crippen molar-refractivity contribution in [3.8, 4) is 34.2 Å². The second-order valence-corrected chi connectivity index (χ2v) is 7.43. The number of hydrogen-bond acceptors (Lipinski definition) is 5. The molecule has 0 unspecified atom stereocenters. The maximum Gasteiger partial charge on any atom is 0.280 e. The molecule has 0 aliphatic heterocycles. The summed E-state index contributed by atoms with van der Waals surface area (Å²) in [5.41, 5.74) is 3.02. The molecule has 0 saturated carbocycles. The van der Waals surface area contributed by atoms with Gasteiger partial charge in [0.15, 0.2) is 11.5 Å². The molecule has 0 aliphatic rings. The molecule has 34 heavy (non-hydrogen) atoms. The van der Waals surface area contributed by atoms with E-state index in [0.29, 0.717) is 45.6 Å². The van der Waals surface area contributed by atoms with Crippen LogP contribution in [-0.4, -0.2) is 36.8 Å². The average molecular weight is 461 g/mol. The number of halogens is 1. The number of H-pyrrole nitrogens is 1. The van der Waals surface area contributed by atoms with E-state index in [4.69, 9.17) is 19.2 Å². The average Bonchev–Trinajstić information content (AvgIpc) is 3.21. The fraction of sp³-hybridized carbons (Fsp3) is 0.154. The highest BCUT2D eigenvalue weighted by Crippen LogP contribution is 2.41. The summed E-state index contributed by atoms with van der Waals surface area (Å²) in [4.78, 5) is 18.2. The zero-order chi connectivity index (χ0) is 24.2. The molecule has 1 N–H and O–H groups in total.